The van der Waals surface area contributed by atoms with Crippen molar-refractivity contribution in [3.05, 3.63) is 46.6 Å². The summed E-state index contributed by atoms with van der Waals surface area (Å²) in [4.78, 5) is 2.82. The molecule has 0 fully saturated rings. The fourth-order valence-electron chi connectivity index (χ4n) is 1.82. The number of hydrogen-bond donors (Lipinski definition) is 1. The van der Waals surface area contributed by atoms with Gasteiger partial charge in [0.25, 0.3) is 0 Å². The summed E-state index contributed by atoms with van der Waals surface area (Å²) in [6, 6.07) is 4.14. The number of fused-ring (bicyclic) bond motifs is 1. The van der Waals surface area contributed by atoms with Gasteiger partial charge in [0, 0.05) is 6.07 Å². The quantitative estimate of drug-likeness (QED) is 0.726. The minimum absolute atomic E-state index is 0.0939. The number of halogens is 2. The molecule has 1 aromatic carbocycles. The molecule has 3 rings (SSSR count). The predicted octanol–water partition coefficient (Wildman–Crippen LogP) is 3.01. The van der Waals surface area contributed by atoms with Gasteiger partial charge in [-0.05, 0) is 24.4 Å². The highest BCUT2D eigenvalue weighted by Gasteiger charge is 2.14. The Hall–Kier alpha value is -2.02. The maximum atomic E-state index is 13.8. The maximum Gasteiger partial charge on any atom is 0.184 e. The Labute approximate surface area is 105 Å². The van der Waals surface area contributed by atoms with Crippen LogP contribution >= 0.6 is 12.2 Å². The van der Waals surface area contributed by atoms with Crippen LogP contribution < -0.4 is 0 Å². The van der Waals surface area contributed by atoms with Crippen molar-refractivity contribution in [1.82, 2.24) is 14.7 Å². The monoisotopic (exact) mass is 267 g/mol. The highest BCUT2D eigenvalue weighted by atomic mass is 32.1. The molecule has 0 bridgehead atoms. The van der Waals surface area contributed by atoms with E-state index in [0.717, 1.165) is 6.07 Å². The number of imidazole rings is 1. The molecule has 0 aliphatic carbocycles. The molecule has 0 spiro atoms. The van der Waals surface area contributed by atoms with Crippen LogP contribution in [0.25, 0.3) is 11.0 Å². The van der Waals surface area contributed by atoms with Gasteiger partial charge in [-0.3, -0.25) is 0 Å². The zero-order chi connectivity index (χ0) is 12.7. The lowest BCUT2D eigenvalue weighted by atomic mass is 10.3. The number of nitrogens with one attached hydrogen (secondary N) is 1. The van der Waals surface area contributed by atoms with Gasteiger partial charge in [-0.1, -0.05) is 5.16 Å². The van der Waals surface area contributed by atoms with Gasteiger partial charge in [-0.25, -0.2) is 8.78 Å². The van der Waals surface area contributed by atoms with Crippen LogP contribution in [0.5, 0.6) is 0 Å². The smallest absolute Gasteiger partial charge is 0.184 e. The van der Waals surface area contributed by atoms with Crippen LogP contribution in [0, 0.1) is 16.4 Å². The number of H-pyrrole nitrogens is 1. The third kappa shape index (κ3) is 1.63. The predicted molar refractivity (Wildman–Crippen MR) is 62.6 cm³/mol. The average Bonchev–Trinajstić information content (AvgIpc) is 2.94. The third-order valence-corrected chi connectivity index (χ3v) is 2.95. The van der Waals surface area contributed by atoms with Crippen LogP contribution in [0.15, 0.2) is 28.9 Å². The Morgan fingerprint density at radius 2 is 2.17 bits per heavy atom. The normalized spacial score (nSPS) is 11.2. The molecule has 0 saturated carbocycles. The topological polar surface area (TPSA) is 46.8 Å². The largest absolute Gasteiger partial charge is 0.359 e. The third-order valence-electron chi connectivity index (χ3n) is 2.63. The van der Waals surface area contributed by atoms with E-state index < -0.39 is 11.6 Å². The molecule has 0 unspecified atom stereocenters. The van der Waals surface area contributed by atoms with Crippen molar-refractivity contribution in [2.75, 3.05) is 0 Å². The molecule has 3 aromatic rings. The summed E-state index contributed by atoms with van der Waals surface area (Å²) in [7, 11) is 0. The van der Waals surface area contributed by atoms with E-state index in [1.54, 1.807) is 6.07 Å². The second-order valence-corrected chi connectivity index (χ2v) is 4.14. The second kappa shape index (κ2) is 4.02. The van der Waals surface area contributed by atoms with E-state index in [1.807, 2.05) is 0 Å². The minimum atomic E-state index is -0.931. The van der Waals surface area contributed by atoms with Crippen LogP contribution in [-0.2, 0) is 6.54 Å². The Morgan fingerprint density at radius 3 is 2.89 bits per heavy atom. The molecule has 0 atom stereocenters. The van der Waals surface area contributed by atoms with Crippen molar-refractivity contribution in [2.45, 2.75) is 6.54 Å². The molecule has 92 valence electrons. The van der Waals surface area contributed by atoms with E-state index >= 15 is 0 Å². The summed E-state index contributed by atoms with van der Waals surface area (Å²) in [6.45, 7) is 0.194. The lowest BCUT2D eigenvalue weighted by Gasteiger charge is -2.02. The molecule has 0 aliphatic rings. The number of benzene rings is 1. The Bertz CT molecular complexity index is 761. The first kappa shape index (κ1) is 11.1. The van der Waals surface area contributed by atoms with Crippen LogP contribution in [0.2, 0.25) is 0 Å². The summed E-state index contributed by atoms with van der Waals surface area (Å²) in [5.41, 5.74) is 0.537. The molecular weight excluding hydrogens is 260 g/mol. The molecule has 4 nitrogen and oxygen atoms in total. The summed E-state index contributed by atoms with van der Waals surface area (Å²) < 4.78 is 33.7. The van der Waals surface area contributed by atoms with Crippen LogP contribution in [0.4, 0.5) is 8.78 Å². The van der Waals surface area contributed by atoms with Gasteiger partial charge in [-0.2, -0.15) is 0 Å². The van der Waals surface area contributed by atoms with Crippen molar-refractivity contribution in [3.63, 3.8) is 0 Å². The van der Waals surface area contributed by atoms with Gasteiger partial charge < -0.3 is 14.1 Å². The van der Waals surface area contributed by atoms with E-state index in [2.05, 4.69) is 10.1 Å². The number of nitrogens with zero attached hydrogens (tertiary/aromatic N) is 2. The first-order valence-corrected chi connectivity index (χ1v) is 5.53. The molecule has 0 radical (unpaired) electrons. The molecule has 2 aromatic heterocycles. The van der Waals surface area contributed by atoms with Crippen LogP contribution in [0.3, 0.4) is 0 Å². The molecule has 2 heterocycles. The van der Waals surface area contributed by atoms with Crippen molar-refractivity contribution in [2.24, 2.45) is 0 Å². The lowest BCUT2D eigenvalue weighted by Crippen LogP contribution is -2.01. The molecule has 7 heteroatoms. The average molecular weight is 267 g/mol. The molecular formula is C11H7F2N3OS. The fraction of sp³-hybridized carbons (Fsp3) is 0.0909. The highest BCUT2D eigenvalue weighted by molar-refractivity contribution is 7.71. The SMILES string of the molecule is Fc1ccc2[nH]c(=S)n(Cc3ccno3)c2c1F. The van der Waals surface area contributed by atoms with E-state index in [9.17, 15) is 8.78 Å². The Balaban J connectivity index is 2.24. The summed E-state index contributed by atoms with van der Waals surface area (Å²) in [5.74, 6) is -1.34. The minimum Gasteiger partial charge on any atom is -0.359 e. The molecule has 0 aliphatic heterocycles. The van der Waals surface area contributed by atoms with E-state index in [-0.39, 0.29) is 12.1 Å². The first-order valence-electron chi connectivity index (χ1n) is 5.13. The van der Waals surface area contributed by atoms with Gasteiger partial charge >= 0.3 is 0 Å². The Morgan fingerprint density at radius 1 is 1.33 bits per heavy atom. The zero-order valence-electron chi connectivity index (χ0n) is 8.98. The van der Waals surface area contributed by atoms with Crippen molar-refractivity contribution < 1.29 is 13.3 Å². The van der Waals surface area contributed by atoms with Gasteiger partial charge in [0.05, 0.1) is 18.3 Å². The van der Waals surface area contributed by atoms with Crippen molar-refractivity contribution in [3.8, 4) is 0 Å². The number of hydrogen-bond acceptors (Lipinski definition) is 3. The van der Waals surface area contributed by atoms with Gasteiger partial charge in [0.2, 0.25) is 0 Å². The van der Waals surface area contributed by atoms with Gasteiger partial charge in [0.1, 0.15) is 5.52 Å². The zero-order valence-corrected chi connectivity index (χ0v) is 9.80. The summed E-state index contributed by atoms with van der Waals surface area (Å²) in [5, 5.41) is 3.55. The van der Waals surface area contributed by atoms with Crippen LogP contribution in [-0.4, -0.2) is 14.7 Å². The van der Waals surface area contributed by atoms with Crippen molar-refractivity contribution >= 4 is 23.3 Å². The molecule has 1 N–H and O–H groups in total. The first-order chi connectivity index (χ1) is 8.66. The van der Waals surface area contributed by atoms with Crippen molar-refractivity contribution in [1.29, 1.82) is 0 Å². The molecule has 0 amide bonds. The van der Waals surface area contributed by atoms with E-state index in [0.29, 0.717) is 16.0 Å². The maximum absolute atomic E-state index is 13.8. The van der Waals surface area contributed by atoms with Crippen LogP contribution in [0.1, 0.15) is 5.76 Å². The van der Waals surface area contributed by atoms with E-state index in [1.165, 1.54) is 16.8 Å². The fourth-order valence-corrected chi connectivity index (χ4v) is 2.09. The summed E-state index contributed by atoms with van der Waals surface area (Å²) in [6.07, 6.45) is 1.48. The number of aromatic nitrogens is 3. The number of aromatic amines is 1. The lowest BCUT2D eigenvalue weighted by molar-refractivity contribution is 0.376. The molecule has 0 saturated heterocycles. The Kier molecular flexibility index (Phi) is 2.48. The summed E-state index contributed by atoms with van der Waals surface area (Å²) >= 11 is 5.09. The standard InChI is InChI=1S/C11H7F2N3OS/c12-7-1-2-8-10(9(7)13)16(11(18)15-8)5-6-3-4-14-17-6/h1-4H,5H2,(H,15,18). The van der Waals surface area contributed by atoms with Gasteiger partial charge in [0.15, 0.2) is 22.2 Å². The highest BCUT2D eigenvalue weighted by Crippen LogP contribution is 2.21. The second-order valence-electron chi connectivity index (χ2n) is 3.75. The number of rotatable bonds is 2. The molecule has 18 heavy (non-hydrogen) atoms. The van der Waals surface area contributed by atoms with Gasteiger partial charge in [-0.15, -0.1) is 0 Å². The van der Waals surface area contributed by atoms with E-state index in [4.69, 9.17) is 16.7 Å².